The van der Waals surface area contributed by atoms with E-state index in [0.717, 1.165) is 21.6 Å². The van der Waals surface area contributed by atoms with Crippen LogP contribution in [0.1, 0.15) is 15.9 Å². The topological polar surface area (TPSA) is 63.3 Å². The molecule has 0 aromatic heterocycles. The third-order valence-electron chi connectivity index (χ3n) is 2.77. The SMILES string of the molecule is Cc1cc(-c2ccccc2C(=O)O)ccc1SN. The quantitative estimate of drug-likeness (QED) is 0.830. The first-order valence-electron chi connectivity index (χ1n) is 5.43. The number of rotatable bonds is 3. The van der Waals surface area contributed by atoms with Crippen LogP contribution in [0, 0.1) is 6.92 Å². The van der Waals surface area contributed by atoms with Crippen molar-refractivity contribution in [1.82, 2.24) is 0 Å². The first kappa shape index (κ1) is 12.7. The first-order valence-corrected chi connectivity index (χ1v) is 6.31. The summed E-state index contributed by atoms with van der Waals surface area (Å²) in [5.74, 6) is -0.916. The van der Waals surface area contributed by atoms with Gasteiger partial charge in [0.25, 0.3) is 0 Å². The van der Waals surface area contributed by atoms with E-state index in [1.54, 1.807) is 12.1 Å². The predicted octanol–water partition coefficient (Wildman–Crippen LogP) is 3.33. The molecule has 2 aromatic carbocycles. The number of aryl methyl sites for hydroxylation is 1. The van der Waals surface area contributed by atoms with E-state index in [2.05, 4.69) is 0 Å². The van der Waals surface area contributed by atoms with Crippen LogP contribution in [0.4, 0.5) is 0 Å². The standard InChI is InChI=1S/C14H13NO2S/c1-9-8-10(6-7-13(9)18-15)11-4-2-3-5-12(11)14(16)17/h2-8H,15H2,1H3,(H,16,17). The van der Waals surface area contributed by atoms with E-state index in [-0.39, 0.29) is 0 Å². The van der Waals surface area contributed by atoms with E-state index < -0.39 is 5.97 Å². The van der Waals surface area contributed by atoms with Gasteiger partial charge in [-0.2, -0.15) is 0 Å². The van der Waals surface area contributed by atoms with Gasteiger partial charge >= 0.3 is 5.97 Å². The van der Waals surface area contributed by atoms with Crippen molar-refractivity contribution in [1.29, 1.82) is 0 Å². The molecule has 0 amide bonds. The molecule has 0 heterocycles. The molecule has 0 bridgehead atoms. The highest BCUT2D eigenvalue weighted by molar-refractivity contribution is 7.97. The summed E-state index contributed by atoms with van der Waals surface area (Å²) in [4.78, 5) is 12.2. The summed E-state index contributed by atoms with van der Waals surface area (Å²) < 4.78 is 0. The lowest BCUT2D eigenvalue weighted by Crippen LogP contribution is -1.99. The van der Waals surface area contributed by atoms with Gasteiger partial charge in [0.15, 0.2) is 0 Å². The average Bonchev–Trinajstić information content (AvgIpc) is 2.38. The van der Waals surface area contributed by atoms with E-state index in [4.69, 9.17) is 5.14 Å². The maximum Gasteiger partial charge on any atom is 0.336 e. The van der Waals surface area contributed by atoms with Crippen molar-refractivity contribution in [2.45, 2.75) is 11.8 Å². The minimum Gasteiger partial charge on any atom is -0.478 e. The maximum absolute atomic E-state index is 11.2. The summed E-state index contributed by atoms with van der Waals surface area (Å²) in [6, 6.07) is 12.7. The average molecular weight is 259 g/mol. The largest absolute Gasteiger partial charge is 0.478 e. The van der Waals surface area contributed by atoms with Crippen LogP contribution in [-0.2, 0) is 0 Å². The monoisotopic (exact) mass is 259 g/mol. The molecular weight excluding hydrogens is 246 g/mol. The fourth-order valence-corrected chi connectivity index (χ4v) is 2.26. The van der Waals surface area contributed by atoms with Gasteiger partial charge in [0.1, 0.15) is 0 Å². The molecule has 3 N–H and O–H groups in total. The van der Waals surface area contributed by atoms with Gasteiger partial charge in [0, 0.05) is 4.90 Å². The van der Waals surface area contributed by atoms with Gasteiger partial charge in [0.05, 0.1) is 5.56 Å². The van der Waals surface area contributed by atoms with E-state index in [9.17, 15) is 9.90 Å². The molecule has 0 aliphatic carbocycles. The molecule has 4 heteroatoms. The molecule has 18 heavy (non-hydrogen) atoms. The van der Waals surface area contributed by atoms with Crippen molar-refractivity contribution >= 4 is 17.9 Å². The lowest BCUT2D eigenvalue weighted by molar-refractivity contribution is 0.0697. The van der Waals surface area contributed by atoms with Crippen LogP contribution in [0.3, 0.4) is 0 Å². The molecular formula is C14H13NO2S. The van der Waals surface area contributed by atoms with E-state index in [0.29, 0.717) is 5.56 Å². The Labute approximate surface area is 110 Å². The van der Waals surface area contributed by atoms with Gasteiger partial charge in [-0.3, -0.25) is 5.14 Å². The molecule has 92 valence electrons. The Morgan fingerprint density at radius 1 is 1.22 bits per heavy atom. The molecule has 0 spiro atoms. The summed E-state index contributed by atoms with van der Waals surface area (Å²) in [5.41, 5.74) is 2.97. The molecule has 2 aromatic rings. The van der Waals surface area contributed by atoms with Gasteiger partial charge in [-0.15, -0.1) is 0 Å². The molecule has 2 rings (SSSR count). The number of nitrogens with two attached hydrogens (primary N) is 1. The molecule has 0 saturated carbocycles. The lowest BCUT2D eigenvalue weighted by Gasteiger charge is -2.09. The Morgan fingerprint density at radius 2 is 1.94 bits per heavy atom. The van der Waals surface area contributed by atoms with Crippen molar-refractivity contribution < 1.29 is 9.90 Å². The molecule has 0 atom stereocenters. The Balaban J connectivity index is 2.55. The first-order chi connectivity index (χ1) is 8.63. The molecule has 3 nitrogen and oxygen atoms in total. The zero-order valence-electron chi connectivity index (χ0n) is 9.88. The van der Waals surface area contributed by atoms with Crippen LogP contribution < -0.4 is 5.14 Å². The highest BCUT2D eigenvalue weighted by Crippen LogP contribution is 2.28. The fraction of sp³-hybridized carbons (Fsp3) is 0.0714. The summed E-state index contributed by atoms with van der Waals surface area (Å²) in [5, 5.41) is 14.7. The van der Waals surface area contributed by atoms with Crippen LogP contribution in [0.2, 0.25) is 0 Å². The van der Waals surface area contributed by atoms with Crippen molar-refractivity contribution in [3.8, 4) is 11.1 Å². The number of hydrogen-bond donors (Lipinski definition) is 2. The molecule has 0 aliphatic heterocycles. The Kier molecular flexibility index (Phi) is 3.69. The normalized spacial score (nSPS) is 10.3. The van der Waals surface area contributed by atoms with Crippen LogP contribution in [0.15, 0.2) is 47.4 Å². The second-order valence-electron chi connectivity index (χ2n) is 3.95. The van der Waals surface area contributed by atoms with Crippen molar-refractivity contribution in [3.05, 3.63) is 53.6 Å². The number of hydrogen-bond acceptors (Lipinski definition) is 3. The molecule has 0 fully saturated rings. The van der Waals surface area contributed by atoms with E-state index >= 15 is 0 Å². The predicted molar refractivity (Wildman–Crippen MR) is 73.6 cm³/mol. The molecule has 0 saturated heterocycles. The van der Waals surface area contributed by atoms with Crippen LogP contribution in [0.5, 0.6) is 0 Å². The van der Waals surface area contributed by atoms with Gasteiger partial charge in [-0.25, -0.2) is 4.79 Å². The van der Waals surface area contributed by atoms with Gasteiger partial charge in [-0.1, -0.05) is 30.3 Å². The third kappa shape index (κ3) is 2.39. The smallest absolute Gasteiger partial charge is 0.336 e. The van der Waals surface area contributed by atoms with Crippen LogP contribution in [-0.4, -0.2) is 11.1 Å². The zero-order valence-corrected chi connectivity index (χ0v) is 10.7. The lowest BCUT2D eigenvalue weighted by atomic mass is 9.98. The van der Waals surface area contributed by atoms with Crippen molar-refractivity contribution in [3.63, 3.8) is 0 Å². The summed E-state index contributed by atoms with van der Waals surface area (Å²) in [6.45, 7) is 1.96. The van der Waals surface area contributed by atoms with Crippen LogP contribution in [0.25, 0.3) is 11.1 Å². The van der Waals surface area contributed by atoms with Crippen LogP contribution >= 0.6 is 11.9 Å². The molecule has 0 radical (unpaired) electrons. The van der Waals surface area contributed by atoms with Crippen molar-refractivity contribution in [2.75, 3.05) is 0 Å². The summed E-state index contributed by atoms with van der Waals surface area (Å²) in [6.07, 6.45) is 0. The fourth-order valence-electron chi connectivity index (χ4n) is 1.87. The van der Waals surface area contributed by atoms with Gasteiger partial charge in [-0.05, 0) is 47.7 Å². The summed E-state index contributed by atoms with van der Waals surface area (Å²) >= 11 is 1.19. The number of aromatic carboxylic acids is 1. The highest BCUT2D eigenvalue weighted by atomic mass is 32.2. The number of benzene rings is 2. The summed E-state index contributed by atoms with van der Waals surface area (Å²) in [7, 11) is 0. The Morgan fingerprint density at radius 3 is 2.56 bits per heavy atom. The Bertz CT molecular complexity index is 596. The molecule has 0 aliphatic rings. The van der Waals surface area contributed by atoms with E-state index in [1.165, 1.54) is 11.9 Å². The molecule has 0 unspecified atom stereocenters. The number of carboxylic acids is 1. The zero-order chi connectivity index (χ0) is 13.1. The second-order valence-corrected chi connectivity index (χ2v) is 4.62. The van der Waals surface area contributed by atoms with Gasteiger partial charge < -0.3 is 5.11 Å². The highest BCUT2D eigenvalue weighted by Gasteiger charge is 2.11. The third-order valence-corrected chi connectivity index (χ3v) is 3.48. The van der Waals surface area contributed by atoms with Crippen molar-refractivity contribution in [2.24, 2.45) is 5.14 Å². The Hall–Kier alpha value is -1.78. The van der Waals surface area contributed by atoms with E-state index in [1.807, 2.05) is 37.3 Å². The second kappa shape index (κ2) is 5.25. The maximum atomic E-state index is 11.2. The number of carbonyl (C=O) groups is 1. The minimum absolute atomic E-state index is 0.310. The van der Waals surface area contributed by atoms with Gasteiger partial charge in [0.2, 0.25) is 0 Å². The number of carboxylic acid groups (broad SMARTS) is 1. The minimum atomic E-state index is -0.916.